The second-order valence-corrected chi connectivity index (χ2v) is 5.68. The molecule has 0 bridgehead atoms. The maximum Gasteiger partial charge on any atom is 0.325 e. The number of anilines is 1. The van der Waals surface area contributed by atoms with Crippen LogP contribution in [0, 0.1) is 0 Å². The normalized spacial score (nSPS) is 16.0. The molecule has 1 aliphatic heterocycles. The lowest BCUT2D eigenvalue weighted by Crippen LogP contribution is -2.42. The van der Waals surface area contributed by atoms with Gasteiger partial charge in [0.15, 0.2) is 0 Å². The van der Waals surface area contributed by atoms with Crippen LogP contribution in [0.1, 0.15) is 18.9 Å². The summed E-state index contributed by atoms with van der Waals surface area (Å²) >= 11 is 0. The van der Waals surface area contributed by atoms with E-state index >= 15 is 0 Å². The van der Waals surface area contributed by atoms with E-state index < -0.39 is 12.1 Å². The van der Waals surface area contributed by atoms with Gasteiger partial charge < -0.3 is 19.6 Å². The third kappa shape index (κ3) is 4.58. The molecule has 1 atom stereocenters. The minimum Gasteiger partial charge on any atom is -0.465 e. The molecule has 0 aromatic heterocycles. The molecule has 6 nitrogen and oxygen atoms in total. The Labute approximate surface area is 142 Å². The summed E-state index contributed by atoms with van der Waals surface area (Å²) < 4.78 is 4.95. The van der Waals surface area contributed by atoms with E-state index in [4.69, 9.17) is 4.74 Å². The molecule has 1 amide bonds. The van der Waals surface area contributed by atoms with E-state index in [2.05, 4.69) is 6.58 Å². The third-order valence-electron chi connectivity index (χ3n) is 3.95. The maximum atomic E-state index is 12.4. The molecule has 0 aliphatic carbocycles. The molecule has 1 aromatic rings. The number of benzene rings is 1. The van der Waals surface area contributed by atoms with Crippen LogP contribution in [-0.2, 0) is 20.9 Å². The molecule has 130 valence electrons. The number of esters is 1. The number of fused-ring (bicyclic) bond motifs is 1. The highest BCUT2D eigenvalue weighted by molar-refractivity contribution is 5.83. The fourth-order valence-electron chi connectivity index (χ4n) is 2.75. The first-order chi connectivity index (χ1) is 11.5. The summed E-state index contributed by atoms with van der Waals surface area (Å²) in [6, 6.07) is 7.71. The van der Waals surface area contributed by atoms with Crippen molar-refractivity contribution in [1.82, 2.24) is 4.90 Å². The van der Waals surface area contributed by atoms with Crippen molar-refractivity contribution in [2.45, 2.75) is 26.0 Å². The molecule has 1 aromatic carbocycles. The van der Waals surface area contributed by atoms with E-state index in [0.29, 0.717) is 26.2 Å². The van der Waals surface area contributed by atoms with Crippen LogP contribution in [-0.4, -0.2) is 54.2 Å². The highest BCUT2D eigenvalue weighted by Crippen LogP contribution is 2.25. The zero-order chi connectivity index (χ0) is 17.5. The molecule has 0 spiro atoms. The minimum absolute atomic E-state index is 0.0453. The van der Waals surface area contributed by atoms with E-state index in [1.807, 2.05) is 29.2 Å². The molecular weight excluding hydrogens is 308 g/mol. The van der Waals surface area contributed by atoms with Crippen LogP contribution in [0.5, 0.6) is 0 Å². The molecule has 6 heteroatoms. The molecule has 2 rings (SSSR count). The Morgan fingerprint density at radius 3 is 2.88 bits per heavy atom. The van der Waals surface area contributed by atoms with Gasteiger partial charge in [0.1, 0.15) is 6.54 Å². The molecule has 1 heterocycles. The number of carbonyl (C=O) groups excluding carboxylic acids is 2. The Morgan fingerprint density at radius 2 is 2.17 bits per heavy atom. The molecule has 1 aliphatic rings. The third-order valence-corrected chi connectivity index (χ3v) is 3.95. The first kappa shape index (κ1) is 18.0. The van der Waals surface area contributed by atoms with Gasteiger partial charge in [-0.3, -0.25) is 9.59 Å². The van der Waals surface area contributed by atoms with Crippen LogP contribution in [0.4, 0.5) is 5.69 Å². The van der Waals surface area contributed by atoms with Gasteiger partial charge in [-0.05, 0) is 18.6 Å². The number of aliphatic hydroxyl groups is 1. The highest BCUT2D eigenvalue weighted by Gasteiger charge is 2.25. The average Bonchev–Trinajstić information content (AvgIpc) is 2.57. The zero-order valence-corrected chi connectivity index (χ0v) is 14.0. The van der Waals surface area contributed by atoms with Crippen molar-refractivity contribution in [3.8, 4) is 0 Å². The van der Waals surface area contributed by atoms with Crippen LogP contribution < -0.4 is 4.90 Å². The van der Waals surface area contributed by atoms with Crippen LogP contribution in [0.15, 0.2) is 36.9 Å². The van der Waals surface area contributed by atoms with Crippen LogP contribution in [0.3, 0.4) is 0 Å². The Hall–Kier alpha value is -2.34. The first-order valence-electron chi connectivity index (χ1n) is 8.12. The predicted molar refractivity (Wildman–Crippen MR) is 91.5 cm³/mol. The smallest absolute Gasteiger partial charge is 0.325 e. The van der Waals surface area contributed by atoms with E-state index in [0.717, 1.165) is 11.3 Å². The Morgan fingerprint density at radius 1 is 1.42 bits per heavy atom. The lowest BCUT2D eigenvalue weighted by Gasteiger charge is -2.33. The number of rotatable bonds is 6. The Balaban J connectivity index is 2.23. The lowest BCUT2D eigenvalue weighted by atomic mass is 10.1. The van der Waals surface area contributed by atoms with Gasteiger partial charge in [0, 0.05) is 31.7 Å². The van der Waals surface area contributed by atoms with Crippen molar-refractivity contribution in [2.75, 3.05) is 31.1 Å². The van der Waals surface area contributed by atoms with E-state index in [1.54, 1.807) is 6.92 Å². The summed E-state index contributed by atoms with van der Waals surface area (Å²) in [7, 11) is 0. The number of carbonyl (C=O) groups is 2. The number of hydrogen-bond donors (Lipinski definition) is 1. The van der Waals surface area contributed by atoms with Gasteiger partial charge in [-0.2, -0.15) is 0 Å². The largest absolute Gasteiger partial charge is 0.465 e. The summed E-state index contributed by atoms with van der Waals surface area (Å²) in [5.74, 6) is -0.501. The number of hydrogen-bond acceptors (Lipinski definition) is 5. The van der Waals surface area contributed by atoms with Crippen molar-refractivity contribution >= 4 is 17.6 Å². The first-order valence-corrected chi connectivity index (χ1v) is 8.12. The molecule has 0 radical (unpaired) electrons. The van der Waals surface area contributed by atoms with Gasteiger partial charge in [0.2, 0.25) is 5.91 Å². The second kappa shape index (κ2) is 8.49. The molecule has 1 unspecified atom stereocenters. The van der Waals surface area contributed by atoms with Crippen LogP contribution in [0.2, 0.25) is 0 Å². The van der Waals surface area contributed by atoms with Gasteiger partial charge in [-0.1, -0.05) is 24.3 Å². The van der Waals surface area contributed by atoms with Crippen molar-refractivity contribution in [3.05, 3.63) is 42.5 Å². The monoisotopic (exact) mass is 332 g/mol. The van der Waals surface area contributed by atoms with Crippen molar-refractivity contribution in [2.24, 2.45) is 0 Å². The SMILES string of the molecule is C=CC(O)CN1CCC(=O)N(CC(=O)OCC)Cc2ccccc21. The van der Waals surface area contributed by atoms with E-state index in [9.17, 15) is 14.7 Å². The van der Waals surface area contributed by atoms with Gasteiger partial charge >= 0.3 is 5.97 Å². The topological polar surface area (TPSA) is 70.1 Å². The maximum absolute atomic E-state index is 12.4. The number of amides is 1. The van der Waals surface area contributed by atoms with Crippen LogP contribution in [0.25, 0.3) is 0 Å². The summed E-state index contributed by atoms with van der Waals surface area (Å²) in [6.45, 7) is 6.78. The molecule has 0 saturated carbocycles. The Kier molecular flexibility index (Phi) is 6.37. The van der Waals surface area contributed by atoms with E-state index in [1.165, 1.54) is 11.0 Å². The van der Waals surface area contributed by atoms with Crippen LogP contribution >= 0.6 is 0 Å². The second-order valence-electron chi connectivity index (χ2n) is 5.68. The minimum atomic E-state index is -0.664. The number of ether oxygens (including phenoxy) is 1. The zero-order valence-electron chi connectivity index (χ0n) is 14.0. The number of aliphatic hydroxyl groups excluding tert-OH is 1. The fourth-order valence-corrected chi connectivity index (χ4v) is 2.75. The van der Waals surface area contributed by atoms with Gasteiger partial charge in [-0.25, -0.2) is 0 Å². The molecule has 0 fully saturated rings. The van der Waals surface area contributed by atoms with Gasteiger partial charge in [-0.15, -0.1) is 6.58 Å². The van der Waals surface area contributed by atoms with Gasteiger partial charge in [0.25, 0.3) is 0 Å². The van der Waals surface area contributed by atoms with Crippen molar-refractivity contribution in [3.63, 3.8) is 0 Å². The fraction of sp³-hybridized carbons (Fsp3) is 0.444. The molecular formula is C18H24N2O4. The average molecular weight is 332 g/mol. The van der Waals surface area contributed by atoms with E-state index in [-0.39, 0.29) is 18.9 Å². The van der Waals surface area contributed by atoms with Gasteiger partial charge in [0.05, 0.1) is 12.7 Å². The summed E-state index contributed by atoms with van der Waals surface area (Å²) in [5, 5.41) is 9.88. The van der Waals surface area contributed by atoms with Crippen molar-refractivity contribution < 1.29 is 19.4 Å². The number of para-hydroxylation sites is 1. The summed E-state index contributed by atoms with van der Waals surface area (Å²) in [5.41, 5.74) is 1.89. The molecule has 0 saturated heterocycles. The highest BCUT2D eigenvalue weighted by atomic mass is 16.5. The number of β-amino-alcohol motifs (C(OH)–C–C–N with tert-alkyl or cyclic N) is 1. The van der Waals surface area contributed by atoms with Crippen molar-refractivity contribution in [1.29, 1.82) is 0 Å². The Bertz CT molecular complexity index is 602. The molecule has 1 N–H and O–H groups in total. The standard InChI is InChI=1S/C18H24N2O4/c1-3-15(21)12-19-10-9-17(22)20(13-18(23)24-4-2)11-14-7-5-6-8-16(14)19/h3,5-8,15,21H,1,4,9-13H2,2H3. The summed E-state index contributed by atoms with van der Waals surface area (Å²) in [6.07, 6.45) is 1.09. The quantitative estimate of drug-likeness (QED) is 0.629. The lowest BCUT2D eigenvalue weighted by molar-refractivity contribution is -0.149. The predicted octanol–water partition coefficient (Wildman–Crippen LogP) is 1.34. The number of nitrogens with zero attached hydrogens (tertiary/aromatic N) is 2. The summed E-state index contributed by atoms with van der Waals surface area (Å²) in [4.78, 5) is 27.7. The molecule has 24 heavy (non-hydrogen) atoms.